The third kappa shape index (κ3) is 3.58. The Kier molecular flexibility index (Phi) is 4.10. The Hall–Kier alpha value is -1.57. The summed E-state index contributed by atoms with van der Waals surface area (Å²) in [6, 6.07) is 6.07. The van der Waals surface area contributed by atoms with E-state index < -0.39 is 0 Å². The van der Waals surface area contributed by atoms with E-state index in [4.69, 9.17) is 4.74 Å². The number of rotatable bonds is 3. The molecule has 0 aliphatic rings. The number of carbonyl (C=O) groups excluding carboxylic acids is 1. The highest BCUT2D eigenvalue weighted by Crippen LogP contribution is 2.10. The van der Waals surface area contributed by atoms with E-state index in [2.05, 4.69) is 13.8 Å². The van der Waals surface area contributed by atoms with E-state index in [1.165, 1.54) is 17.2 Å². The van der Waals surface area contributed by atoms with Crippen molar-refractivity contribution in [2.75, 3.05) is 6.61 Å². The molecule has 1 aromatic rings. The van der Waals surface area contributed by atoms with E-state index in [0.29, 0.717) is 6.61 Å². The molecule has 0 aromatic heterocycles. The van der Waals surface area contributed by atoms with Crippen LogP contribution < -0.4 is 0 Å². The van der Waals surface area contributed by atoms with E-state index in [9.17, 15) is 4.79 Å². The van der Waals surface area contributed by atoms with Gasteiger partial charge in [0.1, 0.15) is 0 Å². The fourth-order valence-electron chi connectivity index (χ4n) is 1.22. The number of aryl methyl sites for hydroxylation is 2. The molecule has 80 valence electrons. The summed E-state index contributed by atoms with van der Waals surface area (Å²) < 4.78 is 4.79. The van der Waals surface area contributed by atoms with Crippen LogP contribution in [0.25, 0.3) is 6.08 Å². The molecule has 0 atom stereocenters. The van der Waals surface area contributed by atoms with Gasteiger partial charge in [0.15, 0.2) is 0 Å². The molecule has 2 heteroatoms. The third-order valence-corrected chi connectivity index (χ3v) is 2.23. The highest BCUT2D eigenvalue weighted by atomic mass is 16.5. The first-order chi connectivity index (χ1) is 7.13. The molecular weight excluding hydrogens is 188 g/mol. The quantitative estimate of drug-likeness (QED) is 0.559. The first-order valence-corrected chi connectivity index (χ1v) is 5.05. The van der Waals surface area contributed by atoms with Gasteiger partial charge in [-0.3, -0.25) is 0 Å². The summed E-state index contributed by atoms with van der Waals surface area (Å²) in [6.07, 6.45) is 3.22. The SMILES string of the molecule is CCOC(=O)C=Cc1ccc(C)c(C)c1. The number of hydrogen-bond acceptors (Lipinski definition) is 2. The topological polar surface area (TPSA) is 26.3 Å². The summed E-state index contributed by atoms with van der Waals surface area (Å²) in [5.74, 6) is -0.296. The molecular formula is C13H16O2. The molecule has 0 bridgehead atoms. The van der Waals surface area contributed by atoms with Gasteiger partial charge in [-0.2, -0.15) is 0 Å². The maximum atomic E-state index is 11.1. The minimum atomic E-state index is -0.296. The number of benzene rings is 1. The zero-order valence-corrected chi connectivity index (χ0v) is 9.41. The minimum absolute atomic E-state index is 0.296. The van der Waals surface area contributed by atoms with Gasteiger partial charge in [-0.15, -0.1) is 0 Å². The molecule has 0 heterocycles. The van der Waals surface area contributed by atoms with Crippen LogP contribution in [0.4, 0.5) is 0 Å². The van der Waals surface area contributed by atoms with Gasteiger partial charge in [-0.1, -0.05) is 18.2 Å². The van der Waals surface area contributed by atoms with Gasteiger partial charge in [-0.05, 0) is 43.5 Å². The van der Waals surface area contributed by atoms with Crippen LogP contribution in [0.5, 0.6) is 0 Å². The first-order valence-electron chi connectivity index (χ1n) is 5.05. The highest BCUT2D eigenvalue weighted by Gasteiger charge is 1.95. The molecule has 0 saturated carbocycles. The minimum Gasteiger partial charge on any atom is -0.463 e. The smallest absolute Gasteiger partial charge is 0.330 e. The summed E-state index contributed by atoms with van der Waals surface area (Å²) >= 11 is 0. The lowest BCUT2D eigenvalue weighted by Crippen LogP contribution is -1.98. The fraction of sp³-hybridized carbons (Fsp3) is 0.308. The third-order valence-electron chi connectivity index (χ3n) is 2.23. The molecule has 0 unspecified atom stereocenters. The van der Waals surface area contributed by atoms with Gasteiger partial charge in [0.25, 0.3) is 0 Å². The monoisotopic (exact) mass is 204 g/mol. The Morgan fingerprint density at radius 2 is 2.07 bits per heavy atom. The van der Waals surface area contributed by atoms with E-state index in [0.717, 1.165) is 5.56 Å². The second-order valence-electron chi connectivity index (χ2n) is 3.43. The van der Waals surface area contributed by atoms with E-state index in [1.807, 2.05) is 18.2 Å². The predicted molar refractivity (Wildman–Crippen MR) is 61.6 cm³/mol. The van der Waals surface area contributed by atoms with Gasteiger partial charge in [0.05, 0.1) is 6.61 Å². The van der Waals surface area contributed by atoms with Crippen molar-refractivity contribution in [1.82, 2.24) is 0 Å². The van der Waals surface area contributed by atoms with E-state index in [-0.39, 0.29) is 5.97 Å². The molecule has 0 aliphatic carbocycles. The summed E-state index contributed by atoms with van der Waals surface area (Å²) in [4.78, 5) is 11.1. The summed E-state index contributed by atoms with van der Waals surface area (Å²) in [5.41, 5.74) is 3.50. The van der Waals surface area contributed by atoms with Crippen molar-refractivity contribution in [3.05, 3.63) is 41.0 Å². The average Bonchev–Trinajstić information content (AvgIpc) is 2.20. The zero-order valence-electron chi connectivity index (χ0n) is 9.41. The van der Waals surface area contributed by atoms with Crippen LogP contribution in [0, 0.1) is 13.8 Å². The van der Waals surface area contributed by atoms with Crippen molar-refractivity contribution in [1.29, 1.82) is 0 Å². The Morgan fingerprint density at radius 1 is 1.33 bits per heavy atom. The lowest BCUT2D eigenvalue weighted by Gasteiger charge is -2.00. The van der Waals surface area contributed by atoms with Crippen molar-refractivity contribution >= 4 is 12.0 Å². The van der Waals surface area contributed by atoms with Crippen molar-refractivity contribution < 1.29 is 9.53 Å². The molecule has 0 aliphatic heterocycles. The molecule has 0 fully saturated rings. The second kappa shape index (κ2) is 5.35. The molecule has 1 aromatic carbocycles. The summed E-state index contributed by atoms with van der Waals surface area (Å²) in [6.45, 7) is 6.32. The summed E-state index contributed by atoms with van der Waals surface area (Å²) in [5, 5.41) is 0. The average molecular weight is 204 g/mol. The van der Waals surface area contributed by atoms with Crippen LogP contribution in [0.1, 0.15) is 23.6 Å². The Bertz CT molecular complexity index is 378. The molecule has 2 nitrogen and oxygen atoms in total. The lowest BCUT2D eigenvalue weighted by atomic mass is 10.1. The predicted octanol–water partition coefficient (Wildman–Crippen LogP) is 2.88. The molecule has 15 heavy (non-hydrogen) atoms. The first kappa shape index (κ1) is 11.5. The van der Waals surface area contributed by atoms with Crippen molar-refractivity contribution in [3.8, 4) is 0 Å². The van der Waals surface area contributed by atoms with Crippen LogP contribution in [0.3, 0.4) is 0 Å². The molecule has 0 N–H and O–H groups in total. The maximum absolute atomic E-state index is 11.1. The van der Waals surface area contributed by atoms with Crippen LogP contribution in [0.15, 0.2) is 24.3 Å². The molecule has 0 spiro atoms. The van der Waals surface area contributed by atoms with Crippen LogP contribution >= 0.6 is 0 Å². The number of hydrogen-bond donors (Lipinski definition) is 0. The Morgan fingerprint density at radius 3 is 2.67 bits per heavy atom. The van der Waals surface area contributed by atoms with Crippen molar-refractivity contribution in [3.63, 3.8) is 0 Å². The number of esters is 1. The maximum Gasteiger partial charge on any atom is 0.330 e. The van der Waals surface area contributed by atoms with Gasteiger partial charge in [-0.25, -0.2) is 4.79 Å². The fourth-order valence-corrected chi connectivity index (χ4v) is 1.22. The Balaban J connectivity index is 2.72. The standard InChI is InChI=1S/C13H16O2/c1-4-15-13(14)8-7-12-6-5-10(2)11(3)9-12/h5-9H,4H2,1-3H3. The summed E-state index contributed by atoms with van der Waals surface area (Å²) in [7, 11) is 0. The van der Waals surface area contributed by atoms with Crippen molar-refractivity contribution in [2.45, 2.75) is 20.8 Å². The van der Waals surface area contributed by atoms with Crippen molar-refractivity contribution in [2.24, 2.45) is 0 Å². The van der Waals surface area contributed by atoms with Gasteiger partial charge in [0, 0.05) is 6.08 Å². The van der Waals surface area contributed by atoms with Crippen LogP contribution in [0.2, 0.25) is 0 Å². The molecule has 0 amide bonds. The molecule has 1 rings (SSSR count). The highest BCUT2D eigenvalue weighted by molar-refractivity contribution is 5.87. The number of carbonyl (C=O) groups is 1. The second-order valence-corrected chi connectivity index (χ2v) is 3.43. The van der Waals surface area contributed by atoms with Crippen LogP contribution in [-0.4, -0.2) is 12.6 Å². The number of ether oxygens (including phenoxy) is 1. The normalized spacial score (nSPS) is 10.6. The van der Waals surface area contributed by atoms with E-state index >= 15 is 0 Å². The van der Waals surface area contributed by atoms with Gasteiger partial charge in [0.2, 0.25) is 0 Å². The zero-order chi connectivity index (χ0) is 11.3. The van der Waals surface area contributed by atoms with Gasteiger partial charge >= 0.3 is 5.97 Å². The Labute approximate surface area is 90.6 Å². The van der Waals surface area contributed by atoms with Gasteiger partial charge < -0.3 is 4.74 Å². The molecule has 0 saturated heterocycles. The largest absolute Gasteiger partial charge is 0.463 e. The van der Waals surface area contributed by atoms with Crippen LogP contribution in [-0.2, 0) is 9.53 Å². The van der Waals surface area contributed by atoms with E-state index in [1.54, 1.807) is 13.0 Å². The molecule has 0 radical (unpaired) electrons. The lowest BCUT2D eigenvalue weighted by molar-refractivity contribution is -0.137.